The molecule has 0 aliphatic heterocycles. The van der Waals surface area contributed by atoms with Crippen LogP contribution in [-0.4, -0.2) is 18.5 Å². The molecule has 0 spiro atoms. The maximum absolute atomic E-state index is 6.24. The Morgan fingerprint density at radius 3 is 2.62 bits per heavy atom. The number of halogens is 1. The lowest BCUT2D eigenvalue weighted by molar-refractivity contribution is 0.311. The van der Waals surface area contributed by atoms with E-state index in [-0.39, 0.29) is 6.04 Å². The molecule has 0 bridgehead atoms. The van der Waals surface area contributed by atoms with Crippen molar-refractivity contribution < 1.29 is 0 Å². The maximum atomic E-state index is 6.24. The molecule has 1 unspecified atom stereocenters. The Hall–Kier alpha value is -1.35. The molecule has 2 N–H and O–H groups in total. The van der Waals surface area contributed by atoms with Gasteiger partial charge >= 0.3 is 0 Å². The molecule has 2 nitrogen and oxygen atoms in total. The molecule has 0 aliphatic rings. The maximum Gasteiger partial charge on any atom is 0.0409 e. The van der Waals surface area contributed by atoms with Crippen LogP contribution in [0.5, 0.6) is 0 Å². The van der Waals surface area contributed by atoms with Gasteiger partial charge in [0.25, 0.3) is 0 Å². The number of nitrogens with two attached hydrogens (primary N) is 1. The second kappa shape index (κ2) is 7.60. The number of aryl methyl sites for hydroxylation is 1. The summed E-state index contributed by atoms with van der Waals surface area (Å²) in [6.07, 6.45) is 0.919. The predicted octanol–water partition coefficient (Wildman–Crippen LogP) is 4.17. The Bertz CT molecular complexity index is 583. The minimum atomic E-state index is 0.0312. The fourth-order valence-electron chi connectivity index (χ4n) is 2.46. The Morgan fingerprint density at radius 1 is 1.14 bits per heavy atom. The van der Waals surface area contributed by atoms with Crippen LogP contribution in [0.25, 0.3) is 0 Å². The first-order chi connectivity index (χ1) is 10.0. The van der Waals surface area contributed by atoms with Gasteiger partial charge in [-0.05, 0) is 50.2 Å². The SMILES string of the molecule is Cc1cccc(CN(C)CCC(N)c2cccc(Cl)c2)c1. The van der Waals surface area contributed by atoms with Gasteiger partial charge in [-0.3, -0.25) is 0 Å². The van der Waals surface area contributed by atoms with Crippen molar-refractivity contribution in [1.82, 2.24) is 4.90 Å². The van der Waals surface area contributed by atoms with E-state index in [1.807, 2.05) is 24.3 Å². The van der Waals surface area contributed by atoms with Crippen LogP contribution in [-0.2, 0) is 6.54 Å². The summed E-state index contributed by atoms with van der Waals surface area (Å²) in [6.45, 7) is 4.03. The number of nitrogens with zero attached hydrogens (tertiary/aromatic N) is 1. The summed E-state index contributed by atoms with van der Waals surface area (Å²) in [4.78, 5) is 2.30. The largest absolute Gasteiger partial charge is 0.324 e. The van der Waals surface area contributed by atoms with Crippen LogP contribution in [0.15, 0.2) is 48.5 Å². The van der Waals surface area contributed by atoms with Crippen LogP contribution >= 0.6 is 11.6 Å². The Labute approximate surface area is 132 Å². The van der Waals surface area contributed by atoms with Gasteiger partial charge in [0.1, 0.15) is 0 Å². The van der Waals surface area contributed by atoms with E-state index in [1.54, 1.807) is 0 Å². The van der Waals surface area contributed by atoms with E-state index in [0.29, 0.717) is 0 Å². The van der Waals surface area contributed by atoms with E-state index in [0.717, 1.165) is 30.1 Å². The molecule has 0 radical (unpaired) electrons. The molecule has 0 saturated heterocycles. The highest BCUT2D eigenvalue weighted by molar-refractivity contribution is 6.30. The highest BCUT2D eigenvalue weighted by atomic mass is 35.5. The first-order valence-corrected chi connectivity index (χ1v) is 7.67. The van der Waals surface area contributed by atoms with Crippen LogP contribution in [0.2, 0.25) is 5.02 Å². The van der Waals surface area contributed by atoms with Crippen LogP contribution in [0.1, 0.15) is 29.2 Å². The molecule has 0 aliphatic carbocycles. The summed E-state index contributed by atoms with van der Waals surface area (Å²) in [5.41, 5.74) is 9.99. The van der Waals surface area contributed by atoms with Crippen molar-refractivity contribution in [3.05, 3.63) is 70.2 Å². The lowest BCUT2D eigenvalue weighted by Gasteiger charge is -2.20. The van der Waals surface area contributed by atoms with Gasteiger partial charge in [-0.2, -0.15) is 0 Å². The molecule has 2 aromatic rings. The molecule has 0 heterocycles. The average Bonchev–Trinajstić information content (AvgIpc) is 2.45. The van der Waals surface area contributed by atoms with Gasteiger partial charge in [-0.15, -0.1) is 0 Å². The van der Waals surface area contributed by atoms with Gasteiger partial charge in [-0.1, -0.05) is 53.6 Å². The summed E-state index contributed by atoms with van der Waals surface area (Å²) in [5.74, 6) is 0. The molecule has 0 amide bonds. The average molecular weight is 303 g/mol. The second-order valence-electron chi connectivity index (χ2n) is 5.68. The predicted molar refractivity (Wildman–Crippen MR) is 90.5 cm³/mol. The summed E-state index contributed by atoms with van der Waals surface area (Å²) >= 11 is 6.01. The lowest BCUT2D eigenvalue weighted by Crippen LogP contribution is -2.23. The van der Waals surface area contributed by atoms with Crippen LogP contribution in [0.3, 0.4) is 0 Å². The molecule has 3 heteroatoms. The molecule has 0 fully saturated rings. The third-order valence-electron chi connectivity index (χ3n) is 3.63. The summed E-state index contributed by atoms with van der Waals surface area (Å²) in [7, 11) is 2.13. The number of hydrogen-bond acceptors (Lipinski definition) is 2. The van der Waals surface area contributed by atoms with Gasteiger partial charge in [-0.25, -0.2) is 0 Å². The minimum Gasteiger partial charge on any atom is -0.324 e. The van der Waals surface area contributed by atoms with Crippen LogP contribution in [0.4, 0.5) is 0 Å². The van der Waals surface area contributed by atoms with Crippen molar-refractivity contribution in [2.75, 3.05) is 13.6 Å². The van der Waals surface area contributed by atoms with Crippen molar-refractivity contribution in [2.24, 2.45) is 5.73 Å². The van der Waals surface area contributed by atoms with Gasteiger partial charge in [0.2, 0.25) is 0 Å². The lowest BCUT2D eigenvalue weighted by atomic mass is 10.0. The van der Waals surface area contributed by atoms with Crippen molar-refractivity contribution in [2.45, 2.75) is 25.9 Å². The molecule has 112 valence electrons. The normalized spacial score (nSPS) is 12.6. The molecule has 21 heavy (non-hydrogen) atoms. The Balaban J connectivity index is 1.85. The second-order valence-corrected chi connectivity index (χ2v) is 6.11. The van der Waals surface area contributed by atoms with Gasteiger partial charge in [0.15, 0.2) is 0 Å². The van der Waals surface area contributed by atoms with E-state index < -0.39 is 0 Å². The Morgan fingerprint density at radius 2 is 1.90 bits per heavy atom. The third-order valence-corrected chi connectivity index (χ3v) is 3.87. The van der Waals surface area contributed by atoms with E-state index in [1.165, 1.54) is 11.1 Å². The van der Waals surface area contributed by atoms with Crippen molar-refractivity contribution in [3.63, 3.8) is 0 Å². The van der Waals surface area contributed by atoms with Crippen LogP contribution in [0, 0.1) is 6.92 Å². The molecule has 0 aromatic heterocycles. The fraction of sp³-hybridized carbons (Fsp3) is 0.333. The van der Waals surface area contributed by atoms with E-state index in [4.69, 9.17) is 17.3 Å². The molecular formula is C18H23ClN2. The van der Waals surface area contributed by atoms with Gasteiger partial charge in [0, 0.05) is 17.6 Å². The number of benzene rings is 2. The summed E-state index contributed by atoms with van der Waals surface area (Å²) < 4.78 is 0. The zero-order valence-electron chi connectivity index (χ0n) is 12.7. The first-order valence-electron chi connectivity index (χ1n) is 7.30. The quantitative estimate of drug-likeness (QED) is 0.868. The highest BCUT2D eigenvalue weighted by Crippen LogP contribution is 2.19. The topological polar surface area (TPSA) is 29.3 Å². The first kappa shape index (κ1) is 16.0. The molecule has 0 saturated carbocycles. The summed E-state index contributed by atoms with van der Waals surface area (Å²) in [6, 6.07) is 16.5. The number of rotatable bonds is 6. The minimum absolute atomic E-state index is 0.0312. The van der Waals surface area contributed by atoms with Crippen LogP contribution < -0.4 is 5.73 Å². The molecule has 2 aromatic carbocycles. The highest BCUT2D eigenvalue weighted by Gasteiger charge is 2.08. The zero-order valence-corrected chi connectivity index (χ0v) is 13.5. The standard InChI is InChI=1S/C18H23ClN2/c1-14-5-3-6-15(11-14)13-21(2)10-9-18(20)16-7-4-8-17(19)12-16/h3-8,11-12,18H,9-10,13,20H2,1-2H3. The van der Waals surface area contributed by atoms with Gasteiger partial charge < -0.3 is 10.6 Å². The summed E-state index contributed by atoms with van der Waals surface area (Å²) in [5, 5.41) is 0.746. The van der Waals surface area contributed by atoms with E-state index in [9.17, 15) is 0 Å². The molecule has 1 atom stereocenters. The van der Waals surface area contributed by atoms with Gasteiger partial charge in [0.05, 0.1) is 0 Å². The third kappa shape index (κ3) is 5.16. The zero-order chi connectivity index (χ0) is 15.2. The monoisotopic (exact) mass is 302 g/mol. The molecular weight excluding hydrogens is 280 g/mol. The van der Waals surface area contributed by atoms with E-state index in [2.05, 4.69) is 43.1 Å². The Kier molecular flexibility index (Phi) is 5.80. The molecule has 2 rings (SSSR count). The van der Waals surface area contributed by atoms with Crippen molar-refractivity contribution in [3.8, 4) is 0 Å². The smallest absolute Gasteiger partial charge is 0.0409 e. The fourth-order valence-corrected chi connectivity index (χ4v) is 2.66. The number of hydrogen-bond donors (Lipinski definition) is 1. The van der Waals surface area contributed by atoms with Crippen molar-refractivity contribution in [1.29, 1.82) is 0 Å². The van der Waals surface area contributed by atoms with E-state index >= 15 is 0 Å². The van der Waals surface area contributed by atoms with Crippen molar-refractivity contribution >= 4 is 11.6 Å².